The van der Waals surface area contributed by atoms with Crippen LogP contribution in [0.5, 0.6) is 0 Å². The van der Waals surface area contributed by atoms with Crippen LogP contribution in [0.3, 0.4) is 0 Å². The van der Waals surface area contributed by atoms with Crippen LogP contribution in [0.25, 0.3) is 0 Å². The summed E-state index contributed by atoms with van der Waals surface area (Å²) in [6.07, 6.45) is 1.62. The lowest BCUT2D eigenvalue weighted by Gasteiger charge is -2.18. The molecule has 1 unspecified atom stereocenters. The highest BCUT2D eigenvalue weighted by molar-refractivity contribution is 5.92. The number of rotatable bonds is 6. The van der Waals surface area contributed by atoms with Crippen molar-refractivity contribution in [1.29, 1.82) is 0 Å². The number of para-hydroxylation sites is 1. The maximum Gasteiger partial charge on any atom is 0.227 e. The summed E-state index contributed by atoms with van der Waals surface area (Å²) < 4.78 is 0. The van der Waals surface area contributed by atoms with Gasteiger partial charge in [0.1, 0.15) is 0 Å². The Morgan fingerprint density at radius 1 is 1.35 bits per heavy atom. The quantitative estimate of drug-likeness (QED) is 0.820. The zero-order valence-corrected chi connectivity index (χ0v) is 10.9. The van der Waals surface area contributed by atoms with Crippen LogP contribution in [0.2, 0.25) is 0 Å². The van der Waals surface area contributed by atoms with Gasteiger partial charge in [0.05, 0.1) is 0 Å². The first-order valence-corrected chi connectivity index (χ1v) is 6.20. The van der Waals surface area contributed by atoms with Gasteiger partial charge in [0, 0.05) is 31.7 Å². The minimum absolute atomic E-state index is 0.145. The van der Waals surface area contributed by atoms with E-state index >= 15 is 0 Å². The van der Waals surface area contributed by atoms with Crippen molar-refractivity contribution in [3.05, 3.63) is 30.3 Å². The van der Waals surface area contributed by atoms with Crippen LogP contribution >= 0.6 is 0 Å². The molecule has 0 aliphatic heterocycles. The van der Waals surface area contributed by atoms with Crippen molar-refractivity contribution < 1.29 is 4.79 Å². The second-order valence-electron chi connectivity index (χ2n) is 4.30. The fourth-order valence-electron chi connectivity index (χ4n) is 1.53. The van der Waals surface area contributed by atoms with E-state index in [9.17, 15) is 4.79 Å². The largest absolute Gasteiger partial charge is 0.315 e. The molecule has 0 saturated carbocycles. The lowest BCUT2D eigenvalue weighted by molar-refractivity contribution is -0.118. The van der Waals surface area contributed by atoms with Crippen LogP contribution in [-0.2, 0) is 4.79 Å². The van der Waals surface area contributed by atoms with Gasteiger partial charge in [0.15, 0.2) is 0 Å². The van der Waals surface area contributed by atoms with Crippen molar-refractivity contribution in [2.75, 3.05) is 18.5 Å². The number of carbonyl (C=O) groups is 1. The Morgan fingerprint density at radius 3 is 2.59 bits per heavy atom. The molecule has 1 aromatic carbocycles. The number of hydrogen-bond acceptors (Lipinski definition) is 2. The van der Waals surface area contributed by atoms with E-state index in [0.29, 0.717) is 12.5 Å². The second kappa shape index (κ2) is 7.07. The molecule has 0 heterocycles. The second-order valence-corrected chi connectivity index (χ2v) is 4.30. The topological polar surface area (TPSA) is 32.3 Å². The number of anilines is 1. The van der Waals surface area contributed by atoms with Gasteiger partial charge in [-0.2, -0.15) is 0 Å². The average molecular weight is 234 g/mol. The first kappa shape index (κ1) is 13.7. The van der Waals surface area contributed by atoms with Crippen LogP contribution in [0.15, 0.2) is 30.3 Å². The fourth-order valence-corrected chi connectivity index (χ4v) is 1.53. The number of nitrogens with one attached hydrogen (secondary N) is 1. The molecule has 3 heteroatoms. The van der Waals surface area contributed by atoms with E-state index in [1.54, 1.807) is 4.90 Å². The summed E-state index contributed by atoms with van der Waals surface area (Å²) in [6.45, 7) is 5.01. The molecule has 0 spiro atoms. The third-order valence-electron chi connectivity index (χ3n) is 2.96. The van der Waals surface area contributed by atoms with Crippen molar-refractivity contribution in [1.82, 2.24) is 5.32 Å². The van der Waals surface area contributed by atoms with Gasteiger partial charge in [-0.05, 0) is 25.5 Å². The highest BCUT2D eigenvalue weighted by Gasteiger charge is 2.10. The predicted octanol–water partition coefficient (Wildman–Crippen LogP) is 2.43. The van der Waals surface area contributed by atoms with Crippen molar-refractivity contribution in [3.63, 3.8) is 0 Å². The average Bonchev–Trinajstić information content (AvgIpc) is 2.38. The highest BCUT2D eigenvalue weighted by atomic mass is 16.2. The SMILES string of the molecule is CCC(C)NCCC(=O)N(C)c1ccccc1. The molecular formula is C14H22N2O. The molecule has 1 N–H and O–H groups in total. The van der Waals surface area contributed by atoms with Crippen LogP contribution in [-0.4, -0.2) is 25.5 Å². The van der Waals surface area contributed by atoms with Crippen molar-refractivity contribution in [3.8, 4) is 0 Å². The summed E-state index contributed by atoms with van der Waals surface area (Å²) in [7, 11) is 1.82. The Morgan fingerprint density at radius 2 is 2.00 bits per heavy atom. The molecule has 0 fully saturated rings. The number of amides is 1. The molecule has 0 radical (unpaired) electrons. The summed E-state index contributed by atoms with van der Waals surface area (Å²) >= 11 is 0. The Hall–Kier alpha value is -1.35. The van der Waals surface area contributed by atoms with Crippen molar-refractivity contribution in [2.45, 2.75) is 32.7 Å². The molecule has 17 heavy (non-hydrogen) atoms. The van der Waals surface area contributed by atoms with Crippen LogP contribution in [0, 0.1) is 0 Å². The van der Waals surface area contributed by atoms with Gasteiger partial charge >= 0.3 is 0 Å². The Bertz CT molecular complexity index is 337. The van der Waals surface area contributed by atoms with E-state index in [-0.39, 0.29) is 5.91 Å². The molecule has 0 saturated heterocycles. The smallest absolute Gasteiger partial charge is 0.227 e. The van der Waals surface area contributed by atoms with Crippen molar-refractivity contribution >= 4 is 11.6 Å². The van der Waals surface area contributed by atoms with E-state index in [2.05, 4.69) is 19.2 Å². The van der Waals surface area contributed by atoms with Gasteiger partial charge in [0.25, 0.3) is 0 Å². The van der Waals surface area contributed by atoms with Gasteiger partial charge in [-0.1, -0.05) is 25.1 Å². The zero-order valence-electron chi connectivity index (χ0n) is 10.9. The van der Waals surface area contributed by atoms with Crippen molar-refractivity contribution in [2.24, 2.45) is 0 Å². The normalized spacial score (nSPS) is 12.2. The van der Waals surface area contributed by atoms with Gasteiger partial charge < -0.3 is 10.2 Å². The molecule has 1 atom stereocenters. The lowest BCUT2D eigenvalue weighted by Crippen LogP contribution is -2.32. The standard InChI is InChI=1S/C14H22N2O/c1-4-12(2)15-11-10-14(17)16(3)13-8-6-5-7-9-13/h5-9,12,15H,4,10-11H2,1-3H3. The number of nitrogens with zero attached hydrogens (tertiary/aromatic N) is 1. The van der Waals surface area contributed by atoms with Crippen LogP contribution in [0.1, 0.15) is 26.7 Å². The van der Waals surface area contributed by atoms with E-state index in [0.717, 1.165) is 18.7 Å². The Balaban J connectivity index is 2.38. The zero-order chi connectivity index (χ0) is 12.7. The fraction of sp³-hybridized carbons (Fsp3) is 0.500. The van der Waals surface area contributed by atoms with E-state index in [1.165, 1.54) is 0 Å². The Labute approximate surface area is 104 Å². The summed E-state index contributed by atoms with van der Waals surface area (Å²) in [6, 6.07) is 10.2. The summed E-state index contributed by atoms with van der Waals surface area (Å²) in [4.78, 5) is 13.6. The monoisotopic (exact) mass is 234 g/mol. The summed E-state index contributed by atoms with van der Waals surface area (Å²) in [5.74, 6) is 0.145. The molecule has 0 bridgehead atoms. The maximum atomic E-state index is 11.9. The molecule has 94 valence electrons. The molecule has 1 rings (SSSR count). The minimum Gasteiger partial charge on any atom is -0.315 e. The molecule has 0 aliphatic rings. The van der Waals surface area contributed by atoms with E-state index in [1.807, 2.05) is 37.4 Å². The summed E-state index contributed by atoms with van der Waals surface area (Å²) in [5, 5.41) is 3.32. The van der Waals surface area contributed by atoms with Gasteiger partial charge in [0.2, 0.25) is 5.91 Å². The highest BCUT2D eigenvalue weighted by Crippen LogP contribution is 2.11. The number of carbonyl (C=O) groups excluding carboxylic acids is 1. The molecule has 3 nitrogen and oxygen atoms in total. The van der Waals surface area contributed by atoms with Crippen LogP contribution in [0.4, 0.5) is 5.69 Å². The molecule has 1 aromatic rings. The minimum atomic E-state index is 0.145. The first-order chi connectivity index (χ1) is 8.15. The molecule has 0 aromatic heterocycles. The molecule has 0 aliphatic carbocycles. The third-order valence-corrected chi connectivity index (χ3v) is 2.96. The van der Waals surface area contributed by atoms with E-state index < -0.39 is 0 Å². The van der Waals surface area contributed by atoms with Gasteiger partial charge in [-0.3, -0.25) is 4.79 Å². The lowest BCUT2D eigenvalue weighted by atomic mass is 10.2. The molecular weight excluding hydrogens is 212 g/mol. The molecule has 1 amide bonds. The van der Waals surface area contributed by atoms with E-state index in [4.69, 9.17) is 0 Å². The summed E-state index contributed by atoms with van der Waals surface area (Å²) in [5.41, 5.74) is 0.945. The Kier molecular flexibility index (Phi) is 5.70. The first-order valence-electron chi connectivity index (χ1n) is 6.20. The third kappa shape index (κ3) is 4.57. The predicted molar refractivity (Wildman–Crippen MR) is 72.2 cm³/mol. The maximum absolute atomic E-state index is 11.9. The van der Waals surface area contributed by atoms with Gasteiger partial charge in [-0.25, -0.2) is 0 Å². The number of benzene rings is 1. The number of hydrogen-bond donors (Lipinski definition) is 1. The van der Waals surface area contributed by atoms with Crippen LogP contribution < -0.4 is 10.2 Å². The van der Waals surface area contributed by atoms with Gasteiger partial charge in [-0.15, -0.1) is 0 Å².